The first-order valence-electron chi connectivity index (χ1n) is 5.36. The fourth-order valence-electron chi connectivity index (χ4n) is 0.964. The Bertz CT molecular complexity index is 184. The third kappa shape index (κ3) is 13.4. The Hall–Kier alpha value is 1.16. The third-order valence-corrected chi connectivity index (χ3v) is 3.08. The molecule has 17 heavy (non-hydrogen) atoms. The Kier molecular flexibility index (Phi) is 20.8. The van der Waals surface area contributed by atoms with E-state index in [1.54, 1.807) is 0 Å². The van der Waals surface area contributed by atoms with Gasteiger partial charge >= 0.3 is 27.7 Å². The van der Waals surface area contributed by atoms with Gasteiger partial charge in [-0.05, 0) is 27.7 Å². The zero-order valence-electron chi connectivity index (χ0n) is 11.1. The van der Waals surface area contributed by atoms with E-state index in [2.05, 4.69) is 0 Å². The van der Waals surface area contributed by atoms with Gasteiger partial charge in [-0.15, -0.1) is 0 Å². The molecule has 0 fully saturated rings. The second-order valence-electron chi connectivity index (χ2n) is 2.88. The molecule has 0 aromatic rings. The summed E-state index contributed by atoms with van der Waals surface area (Å²) in [6.45, 7) is 11.9. The van der Waals surface area contributed by atoms with Gasteiger partial charge < -0.3 is 59.5 Å². The SMILES string of the molecule is CCN(CC)C(=S)[S-].CCN(CC)C(=S)[S-].[Hg+2]. The summed E-state index contributed by atoms with van der Waals surface area (Å²) in [5.41, 5.74) is 0. The first-order valence-corrected chi connectivity index (χ1v) is 6.99. The van der Waals surface area contributed by atoms with Crippen LogP contribution in [0.1, 0.15) is 27.7 Å². The molecule has 0 aromatic carbocycles. The minimum Gasteiger partial charge on any atom is -0.411 e. The minimum atomic E-state index is 0. The predicted molar refractivity (Wildman–Crippen MR) is 85.8 cm³/mol. The maximum atomic E-state index is 4.76. The van der Waals surface area contributed by atoms with Crippen LogP contribution in [0.25, 0.3) is 0 Å². The van der Waals surface area contributed by atoms with Crippen LogP contribution in [0.5, 0.6) is 0 Å². The van der Waals surface area contributed by atoms with E-state index in [0.29, 0.717) is 8.64 Å². The van der Waals surface area contributed by atoms with Crippen molar-refractivity contribution in [3.8, 4) is 0 Å². The van der Waals surface area contributed by atoms with E-state index in [9.17, 15) is 0 Å². The molecule has 0 N–H and O–H groups in total. The van der Waals surface area contributed by atoms with Crippen LogP contribution in [0.3, 0.4) is 0 Å². The summed E-state index contributed by atoms with van der Waals surface area (Å²) in [5.74, 6) is 0. The van der Waals surface area contributed by atoms with Gasteiger partial charge in [-0.3, -0.25) is 0 Å². The van der Waals surface area contributed by atoms with Gasteiger partial charge in [0.05, 0.1) is 0 Å². The molecular formula is C10H20HgN2S4. The molecule has 0 aromatic heterocycles. The molecule has 0 aliphatic carbocycles. The molecule has 0 radical (unpaired) electrons. The topological polar surface area (TPSA) is 6.48 Å². The first-order chi connectivity index (χ1) is 7.44. The Balaban J connectivity index is -0.000000218. The molecule has 0 bridgehead atoms. The molecule has 0 saturated heterocycles. The van der Waals surface area contributed by atoms with E-state index in [4.69, 9.17) is 49.7 Å². The molecule has 0 spiro atoms. The van der Waals surface area contributed by atoms with Crippen molar-refractivity contribution in [1.29, 1.82) is 0 Å². The molecule has 0 aliphatic rings. The second-order valence-corrected chi connectivity index (χ2v) is 4.94. The van der Waals surface area contributed by atoms with Gasteiger partial charge in [-0.2, -0.15) is 0 Å². The smallest absolute Gasteiger partial charge is 0.411 e. The number of rotatable bonds is 4. The summed E-state index contributed by atoms with van der Waals surface area (Å²) in [5, 5.41) is 0. The molecule has 0 saturated carbocycles. The summed E-state index contributed by atoms with van der Waals surface area (Å²) < 4.78 is 1.16. The van der Waals surface area contributed by atoms with Gasteiger partial charge in [-0.25, -0.2) is 0 Å². The van der Waals surface area contributed by atoms with E-state index in [0.717, 1.165) is 26.2 Å². The molecule has 2 nitrogen and oxygen atoms in total. The van der Waals surface area contributed by atoms with E-state index in [1.807, 2.05) is 37.5 Å². The van der Waals surface area contributed by atoms with Crippen LogP contribution >= 0.6 is 24.4 Å². The van der Waals surface area contributed by atoms with E-state index >= 15 is 0 Å². The molecule has 0 amide bonds. The molecule has 0 unspecified atom stereocenters. The summed E-state index contributed by atoms with van der Waals surface area (Å²) in [6, 6.07) is 0. The average Bonchev–Trinajstić information content (AvgIpc) is 2.21. The predicted octanol–water partition coefficient (Wildman–Crippen LogP) is 2.32. The van der Waals surface area contributed by atoms with Gasteiger partial charge in [0, 0.05) is 26.2 Å². The Morgan fingerprint density at radius 3 is 0.941 bits per heavy atom. The van der Waals surface area contributed by atoms with Gasteiger partial charge in [-0.1, -0.05) is 8.64 Å². The fraction of sp³-hybridized carbons (Fsp3) is 0.800. The minimum absolute atomic E-state index is 0. The average molecular weight is 497 g/mol. The largest absolute Gasteiger partial charge is 2.00 e. The third-order valence-electron chi connectivity index (χ3n) is 2.04. The van der Waals surface area contributed by atoms with Gasteiger partial charge in [0.15, 0.2) is 0 Å². The van der Waals surface area contributed by atoms with Crippen molar-refractivity contribution in [2.45, 2.75) is 27.7 Å². The van der Waals surface area contributed by atoms with Crippen LogP contribution in [0.15, 0.2) is 0 Å². The maximum absolute atomic E-state index is 4.76. The molecule has 0 atom stereocenters. The molecule has 7 heteroatoms. The van der Waals surface area contributed by atoms with Crippen molar-refractivity contribution < 1.29 is 27.7 Å². The van der Waals surface area contributed by atoms with Crippen molar-refractivity contribution in [1.82, 2.24) is 9.80 Å². The zero-order chi connectivity index (χ0) is 13.1. The van der Waals surface area contributed by atoms with Crippen molar-refractivity contribution in [2.75, 3.05) is 26.2 Å². The molecule has 0 heterocycles. The number of hydrogen-bond donors (Lipinski definition) is 0. The summed E-state index contributed by atoms with van der Waals surface area (Å²) >= 11 is 19.0. The Morgan fingerprint density at radius 2 is 0.941 bits per heavy atom. The number of thiocarbonyl (C=S) groups is 2. The van der Waals surface area contributed by atoms with Gasteiger partial charge in [0.1, 0.15) is 0 Å². The van der Waals surface area contributed by atoms with Crippen molar-refractivity contribution in [3.63, 3.8) is 0 Å². The monoisotopic (exact) mass is 498 g/mol. The summed E-state index contributed by atoms with van der Waals surface area (Å²) in [4.78, 5) is 3.93. The van der Waals surface area contributed by atoms with Crippen LogP contribution in [0.4, 0.5) is 0 Å². The van der Waals surface area contributed by atoms with E-state index in [1.165, 1.54) is 0 Å². The van der Waals surface area contributed by atoms with E-state index < -0.39 is 0 Å². The Morgan fingerprint density at radius 1 is 0.765 bits per heavy atom. The Labute approximate surface area is 148 Å². The summed E-state index contributed by atoms with van der Waals surface area (Å²) in [7, 11) is 0. The first kappa shape index (κ1) is 23.3. The summed E-state index contributed by atoms with van der Waals surface area (Å²) in [6.07, 6.45) is 0. The quantitative estimate of drug-likeness (QED) is 0.332. The van der Waals surface area contributed by atoms with Crippen LogP contribution < -0.4 is 0 Å². The van der Waals surface area contributed by atoms with Crippen molar-refractivity contribution in [3.05, 3.63) is 0 Å². The number of nitrogens with zero attached hydrogens (tertiary/aromatic N) is 2. The second kappa shape index (κ2) is 15.2. The van der Waals surface area contributed by atoms with Crippen LogP contribution in [-0.4, -0.2) is 44.6 Å². The van der Waals surface area contributed by atoms with Crippen molar-refractivity contribution >= 4 is 58.3 Å². The van der Waals surface area contributed by atoms with Crippen LogP contribution in [0.2, 0.25) is 0 Å². The molecule has 96 valence electrons. The standard InChI is InChI=1S/2C5H11NS2.Hg/c2*1-3-6(4-2)5(7)8;/h2*3-4H2,1-2H3,(H,7,8);/q;;+2/p-2. The molecular weight excluding hydrogens is 477 g/mol. The van der Waals surface area contributed by atoms with E-state index in [-0.39, 0.29) is 27.7 Å². The fourth-order valence-corrected chi connectivity index (χ4v) is 2.00. The molecule has 0 rings (SSSR count). The van der Waals surface area contributed by atoms with Crippen LogP contribution in [0, 0.1) is 0 Å². The van der Waals surface area contributed by atoms with Gasteiger partial charge in [0.2, 0.25) is 0 Å². The van der Waals surface area contributed by atoms with Crippen molar-refractivity contribution in [2.24, 2.45) is 0 Å². The molecule has 0 aliphatic heterocycles. The maximum Gasteiger partial charge on any atom is 2.00 e. The van der Waals surface area contributed by atoms with Crippen LogP contribution in [-0.2, 0) is 52.9 Å². The van der Waals surface area contributed by atoms with Gasteiger partial charge in [0.25, 0.3) is 0 Å². The number of hydrogen-bond acceptors (Lipinski definition) is 4. The normalized spacial score (nSPS) is 8.24. The zero-order valence-corrected chi connectivity index (χ0v) is 19.8.